The standard InChI is InChI=1S/C28H38/c1-19-5-10-23(11-6-19)25-14-9-22(4)28(18-25)27-16-21(3)15-26(17-27)24-12-7-20(2)8-13-24/h7-9,12-14,18-19,21,23,26-27H,5-6,10-11,15-17H2,1-4H3. The van der Waals surface area contributed by atoms with Gasteiger partial charge in [0.25, 0.3) is 0 Å². The minimum atomic E-state index is 0.716. The highest BCUT2D eigenvalue weighted by Crippen LogP contribution is 2.45. The van der Waals surface area contributed by atoms with Gasteiger partial charge in [0.05, 0.1) is 0 Å². The van der Waals surface area contributed by atoms with Crippen molar-refractivity contribution in [1.82, 2.24) is 0 Å². The normalized spacial score (nSPS) is 30.9. The van der Waals surface area contributed by atoms with E-state index in [9.17, 15) is 0 Å². The molecule has 0 aliphatic heterocycles. The summed E-state index contributed by atoms with van der Waals surface area (Å²) < 4.78 is 0. The maximum atomic E-state index is 2.62. The molecule has 2 saturated carbocycles. The summed E-state index contributed by atoms with van der Waals surface area (Å²) in [5, 5.41) is 0. The summed E-state index contributed by atoms with van der Waals surface area (Å²) in [7, 11) is 0. The molecule has 28 heavy (non-hydrogen) atoms. The Balaban J connectivity index is 1.56. The summed E-state index contributed by atoms with van der Waals surface area (Å²) in [6.07, 6.45) is 9.60. The Morgan fingerprint density at radius 2 is 1.25 bits per heavy atom. The van der Waals surface area contributed by atoms with Gasteiger partial charge in [0.2, 0.25) is 0 Å². The van der Waals surface area contributed by atoms with E-state index in [-0.39, 0.29) is 0 Å². The first-order valence-corrected chi connectivity index (χ1v) is 11.7. The topological polar surface area (TPSA) is 0 Å². The zero-order valence-electron chi connectivity index (χ0n) is 18.4. The Kier molecular flexibility index (Phi) is 5.95. The van der Waals surface area contributed by atoms with Gasteiger partial charge in [-0.25, -0.2) is 0 Å². The molecule has 0 bridgehead atoms. The lowest BCUT2D eigenvalue weighted by Gasteiger charge is -2.35. The molecule has 0 radical (unpaired) electrons. The molecule has 2 fully saturated rings. The van der Waals surface area contributed by atoms with Crippen LogP contribution in [-0.4, -0.2) is 0 Å². The van der Waals surface area contributed by atoms with Gasteiger partial charge in [0, 0.05) is 0 Å². The number of benzene rings is 2. The molecule has 0 amide bonds. The highest BCUT2D eigenvalue weighted by atomic mass is 14.3. The maximum Gasteiger partial charge on any atom is -0.0151 e. The number of hydrogen-bond donors (Lipinski definition) is 0. The summed E-state index contributed by atoms with van der Waals surface area (Å²) in [6, 6.07) is 16.8. The minimum Gasteiger partial charge on any atom is -0.0625 e. The molecule has 2 aliphatic rings. The van der Waals surface area contributed by atoms with Crippen LogP contribution < -0.4 is 0 Å². The molecule has 0 aromatic heterocycles. The van der Waals surface area contributed by atoms with Gasteiger partial charge in [-0.15, -0.1) is 0 Å². The molecule has 2 aromatic carbocycles. The zero-order chi connectivity index (χ0) is 19.7. The van der Waals surface area contributed by atoms with E-state index in [0.717, 1.165) is 23.7 Å². The third-order valence-electron chi connectivity index (χ3n) is 7.72. The maximum absolute atomic E-state index is 2.62. The minimum absolute atomic E-state index is 0.716. The summed E-state index contributed by atoms with van der Waals surface area (Å²) in [6.45, 7) is 9.42. The van der Waals surface area contributed by atoms with Crippen LogP contribution in [-0.2, 0) is 0 Å². The molecule has 2 aromatic rings. The molecular formula is C28H38. The predicted molar refractivity (Wildman–Crippen MR) is 121 cm³/mol. The Morgan fingerprint density at radius 1 is 0.607 bits per heavy atom. The lowest BCUT2D eigenvalue weighted by atomic mass is 9.69. The first-order valence-electron chi connectivity index (χ1n) is 11.7. The Morgan fingerprint density at radius 3 is 1.96 bits per heavy atom. The quantitative estimate of drug-likeness (QED) is 0.507. The van der Waals surface area contributed by atoms with Gasteiger partial charge in [-0.2, -0.15) is 0 Å². The lowest BCUT2D eigenvalue weighted by molar-refractivity contribution is 0.306. The van der Waals surface area contributed by atoms with Crippen LogP contribution in [0, 0.1) is 25.7 Å². The average Bonchev–Trinajstić information content (AvgIpc) is 2.69. The van der Waals surface area contributed by atoms with Gasteiger partial charge >= 0.3 is 0 Å². The molecule has 4 rings (SSSR count). The SMILES string of the molecule is Cc1ccc(C2CC(C)CC(c3cc(C4CCC(C)CC4)ccc3C)C2)cc1. The predicted octanol–water partition coefficient (Wildman–Crippen LogP) is 8.28. The fourth-order valence-corrected chi connectivity index (χ4v) is 5.91. The molecule has 0 saturated heterocycles. The third-order valence-corrected chi connectivity index (χ3v) is 7.72. The number of rotatable bonds is 3. The van der Waals surface area contributed by atoms with Crippen molar-refractivity contribution in [3.63, 3.8) is 0 Å². The van der Waals surface area contributed by atoms with Gasteiger partial charge in [-0.1, -0.05) is 74.7 Å². The molecule has 3 unspecified atom stereocenters. The molecule has 0 heteroatoms. The van der Waals surface area contributed by atoms with E-state index in [1.165, 1.54) is 56.1 Å². The molecule has 0 N–H and O–H groups in total. The summed E-state index contributed by atoms with van der Waals surface area (Å²) >= 11 is 0. The molecule has 2 aliphatic carbocycles. The smallest absolute Gasteiger partial charge is 0.0151 e. The Hall–Kier alpha value is -1.56. The van der Waals surface area contributed by atoms with Crippen molar-refractivity contribution < 1.29 is 0 Å². The van der Waals surface area contributed by atoms with Crippen LogP contribution in [0.3, 0.4) is 0 Å². The van der Waals surface area contributed by atoms with Crippen LogP contribution in [0.1, 0.15) is 104 Å². The average molecular weight is 375 g/mol. The monoisotopic (exact) mass is 374 g/mol. The van der Waals surface area contributed by atoms with Crippen LogP contribution in [0.15, 0.2) is 42.5 Å². The fourth-order valence-electron chi connectivity index (χ4n) is 5.91. The van der Waals surface area contributed by atoms with Crippen molar-refractivity contribution in [1.29, 1.82) is 0 Å². The second-order valence-electron chi connectivity index (χ2n) is 10.2. The van der Waals surface area contributed by atoms with E-state index in [0.29, 0.717) is 5.92 Å². The molecular weight excluding hydrogens is 336 g/mol. The van der Waals surface area contributed by atoms with E-state index in [1.807, 2.05) is 0 Å². The number of hydrogen-bond acceptors (Lipinski definition) is 0. The third kappa shape index (κ3) is 4.37. The van der Waals surface area contributed by atoms with Crippen molar-refractivity contribution in [3.05, 3.63) is 70.3 Å². The number of aryl methyl sites for hydroxylation is 2. The van der Waals surface area contributed by atoms with Crippen molar-refractivity contribution in [2.75, 3.05) is 0 Å². The second kappa shape index (κ2) is 8.44. The molecule has 150 valence electrons. The molecule has 3 atom stereocenters. The van der Waals surface area contributed by atoms with E-state index < -0.39 is 0 Å². The van der Waals surface area contributed by atoms with E-state index >= 15 is 0 Å². The first kappa shape index (κ1) is 19.7. The van der Waals surface area contributed by atoms with Crippen molar-refractivity contribution >= 4 is 0 Å². The van der Waals surface area contributed by atoms with Crippen molar-refractivity contribution in [2.45, 2.75) is 90.4 Å². The summed E-state index contributed by atoms with van der Waals surface area (Å²) in [5.74, 6) is 3.97. The van der Waals surface area contributed by atoms with E-state index in [2.05, 4.69) is 70.2 Å². The van der Waals surface area contributed by atoms with Crippen LogP contribution in [0.2, 0.25) is 0 Å². The van der Waals surface area contributed by atoms with Gasteiger partial charge in [0.1, 0.15) is 0 Å². The molecule has 0 nitrogen and oxygen atoms in total. The van der Waals surface area contributed by atoms with Crippen LogP contribution in [0.25, 0.3) is 0 Å². The van der Waals surface area contributed by atoms with E-state index in [1.54, 1.807) is 16.7 Å². The lowest BCUT2D eigenvalue weighted by Crippen LogP contribution is -2.20. The highest BCUT2D eigenvalue weighted by molar-refractivity contribution is 5.37. The van der Waals surface area contributed by atoms with Gasteiger partial charge in [-0.3, -0.25) is 0 Å². The van der Waals surface area contributed by atoms with Crippen molar-refractivity contribution in [2.24, 2.45) is 11.8 Å². The fraction of sp³-hybridized carbons (Fsp3) is 0.571. The van der Waals surface area contributed by atoms with Gasteiger partial charge in [-0.05, 0) is 97.8 Å². The highest BCUT2D eigenvalue weighted by Gasteiger charge is 2.30. The zero-order valence-corrected chi connectivity index (χ0v) is 18.4. The largest absolute Gasteiger partial charge is 0.0625 e. The van der Waals surface area contributed by atoms with Crippen LogP contribution in [0.5, 0.6) is 0 Å². The van der Waals surface area contributed by atoms with Crippen molar-refractivity contribution in [3.8, 4) is 0 Å². The van der Waals surface area contributed by atoms with Crippen LogP contribution in [0.4, 0.5) is 0 Å². The first-order chi connectivity index (χ1) is 13.5. The second-order valence-corrected chi connectivity index (χ2v) is 10.2. The van der Waals surface area contributed by atoms with Crippen LogP contribution >= 0.6 is 0 Å². The Labute approximate surface area is 172 Å². The summed E-state index contributed by atoms with van der Waals surface area (Å²) in [5.41, 5.74) is 7.71. The van der Waals surface area contributed by atoms with Gasteiger partial charge in [0.15, 0.2) is 0 Å². The molecule has 0 spiro atoms. The Bertz CT molecular complexity index is 776. The molecule has 0 heterocycles. The van der Waals surface area contributed by atoms with Gasteiger partial charge < -0.3 is 0 Å². The summed E-state index contributed by atoms with van der Waals surface area (Å²) in [4.78, 5) is 0. The van der Waals surface area contributed by atoms with E-state index in [4.69, 9.17) is 0 Å².